The first-order valence-corrected chi connectivity index (χ1v) is 5.16. The third kappa shape index (κ3) is 3.44. The predicted octanol–water partition coefficient (Wildman–Crippen LogP) is 1.18. The molecule has 1 aromatic rings. The first-order chi connectivity index (χ1) is 7.83. The van der Waals surface area contributed by atoms with Crippen molar-refractivity contribution < 1.29 is 23.8 Å². The maximum absolute atomic E-state index is 10.7. The monoisotopic (exact) mass is 228 g/mol. The van der Waals surface area contributed by atoms with Gasteiger partial charge in [0.25, 0.3) is 0 Å². The topological polar surface area (TPSA) is 68.9 Å². The van der Waals surface area contributed by atoms with Crippen LogP contribution in [0.1, 0.15) is 29.1 Å². The Hall–Kier alpha value is -1.17. The molecule has 0 saturated carbocycles. The Morgan fingerprint density at radius 2 is 2.44 bits per heavy atom. The molecule has 1 heterocycles. The molecule has 16 heavy (non-hydrogen) atoms. The van der Waals surface area contributed by atoms with E-state index in [2.05, 4.69) is 0 Å². The van der Waals surface area contributed by atoms with Crippen molar-refractivity contribution in [3.63, 3.8) is 0 Å². The fraction of sp³-hybridized carbons (Fsp3) is 0.545. The third-order valence-corrected chi connectivity index (χ3v) is 2.06. The van der Waals surface area contributed by atoms with Crippen LogP contribution in [0, 0.1) is 0 Å². The van der Waals surface area contributed by atoms with Gasteiger partial charge < -0.3 is 19.0 Å². The summed E-state index contributed by atoms with van der Waals surface area (Å²) >= 11 is 0. The molecule has 0 aliphatic carbocycles. The van der Waals surface area contributed by atoms with Crippen LogP contribution >= 0.6 is 0 Å². The number of carbonyl (C=O) groups is 1. The fourth-order valence-corrected chi connectivity index (χ4v) is 1.34. The van der Waals surface area contributed by atoms with Crippen LogP contribution in [0.4, 0.5) is 0 Å². The van der Waals surface area contributed by atoms with Crippen molar-refractivity contribution in [2.24, 2.45) is 0 Å². The SMILES string of the molecule is CCOCC(OCCO)c1ccoc1C=O. The lowest BCUT2D eigenvalue weighted by atomic mass is 10.1. The van der Waals surface area contributed by atoms with Crippen molar-refractivity contribution in [1.82, 2.24) is 0 Å². The van der Waals surface area contributed by atoms with Gasteiger partial charge in [-0.25, -0.2) is 0 Å². The zero-order valence-electron chi connectivity index (χ0n) is 9.22. The second-order valence-corrected chi connectivity index (χ2v) is 3.10. The predicted molar refractivity (Wildman–Crippen MR) is 56.4 cm³/mol. The first-order valence-electron chi connectivity index (χ1n) is 5.16. The summed E-state index contributed by atoms with van der Waals surface area (Å²) < 4.78 is 15.6. The smallest absolute Gasteiger partial charge is 0.185 e. The molecule has 0 saturated heterocycles. The van der Waals surface area contributed by atoms with E-state index in [4.69, 9.17) is 19.0 Å². The molecule has 5 heteroatoms. The highest BCUT2D eigenvalue weighted by Crippen LogP contribution is 2.22. The summed E-state index contributed by atoms with van der Waals surface area (Å²) in [7, 11) is 0. The van der Waals surface area contributed by atoms with Gasteiger partial charge in [0.1, 0.15) is 6.10 Å². The second-order valence-electron chi connectivity index (χ2n) is 3.10. The van der Waals surface area contributed by atoms with E-state index in [0.717, 1.165) is 0 Å². The Kier molecular flexibility index (Phi) is 5.77. The fourth-order valence-electron chi connectivity index (χ4n) is 1.34. The number of hydrogen-bond donors (Lipinski definition) is 1. The average molecular weight is 228 g/mol. The van der Waals surface area contributed by atoms with Gasteiger partial charge in [-0.3, -0.25) is 4.79 Å². The lowest BCUT2D eigenvalue weighted by Crippen LogP contribution is -2.14. The van der Waals surface area contributed by atoms with E-state index in [1.165, 1.54) is 6.26 Å². The first kappa shape index (κ1) is 12.9. The van der Waals surface area contributed by atoms with E-state index < -0.39 is 0 Å². The average Bonchev–Trinajstić information content (AvgIpc) is 2.77. The van der Waals surface area contributed by atoms with E-state index in [-0.39, 0.29) is 25.1 Å². The normalized spacial score (nSPS) is 12.6. The molecule has 1 rings (SSSR count). The van der Waals surface area contributed by atoms with Gasteiger partial charge in [0.2, 0.25) is 0 Å². The molecule has 5 nitrogen and oxygen atoms in total. The van der Waals surface area contributed by atoms with Gasteiger partial charge in [0.05, 0.1) is 26.1 Å². The molecule has 0 bridgehead atoms. The molecule has 0 amide bonds. The molecule has 1 aromatic heterocycles. The van der Waals surface area contributed by atoms with E-state index >= 15 is 0 Å². The molecule has 0 fully saturated rings. The van der Waals surface area contributed by atoms with Crippen molar-refractivity contribution in [2.75, 3.05) is 26.4 Å². The molecule has 0 aliphatic heterocycles. The quantitative estimate of drug-likeness (QED) is 0.676. The van der Waals surface area contributed by atoms with Crippen molar-refractivity contribution in [1.29, 1.82) is 0 Å². The van der Waals surface area contributed by atoms with Gasteiger partial charge in [-0.2, -0.15) is 0 Å². The highest BCUT2D eigenvalue weighted by molar-refractivity contribution is 5.73. The van der Waals surface area contributed by atoms with Crippen molar-refractivity contribution in [2.45, 2.75) is 13.0 Å². The number of furan rings is 1. The number of hydrogen-bond acceptors (Lipinski definition) is 5. The molecule has 0 aliphatic rings. The Bertz CT molecular complexity index is 299. The highest BCUT2D eigenvalue weighted by Gasteiger charge is 2.18. The van der Waals surface area contributed by atoms with Gasteiger partial charge >= 0.3 is 0 Å². The van der Waals surface area contributed by atoms with E-state index in [9.17, 15) is 4.79 Å². The lowest BCUT2D eigenvalue weighted by Gasteiger charge is -2.16. The van der Waals surface area contributed by atoms with E-state index in [1.54, 1.807) is 6.07 Å². The summed E-state index contributed by atoms with van der Waals surface area (Å²) in [4.78, 5) is 10.7. The van der Waals surface area contributed by atoms with Gasteiger partial charge in [0.15, 0.2) is 12.0 Å². The number of ether oxygens (including phenoxy) is 2. The van der Waals surface area contributed by atoms with E-state index in [1.807, 2.05) is 6.92 Å². The Labute approximate surface area is 94.0 Å². The molecule has 1 unspecified atom stereocenters. The molecule has 0 radical (unpaired) electrons. The van der Waals surface area contributed by atoms with Crippen LogP contribution in [0.5, 0.6) is 0 Å². The summed E-state index contributed by atoms with van der Waals surface area (Å²) in [5, 5.41) is 8.71. The molecular weight excluding hydrogens is 212 g/mol. The molecule has 1 N–H and O–H groups in total. The summed E-state index contributed by atoms with van der Waals surface area (Å²) in [6.07, 6.45) is 1.68. The van der Waals surface area contributed by atoms with E-state index in [0.29, 0.717) is 25.1 Å². The van der Waals surface area contributed by atoms with Gasteiger partial charge in [-0.05, 0) is 13.0 Å². The maximum Gasteiger partial charge on any atom is 0.185 e. The standard InChI is InChI=1S/C11H16O5/c1-2-14-8-11(16-6-4-12)9-3-5-15-10(9)7-13/h3,5,7,11-12H,2,4,6,8H2,1H3. The van der Waals surface area contributed by atoms with Crippen LogP contribution in [-0.2, 0) is 9.47 Å². The minimum Gasteiger partial charge on any atom is -0.461 e. The van der Waals surface area contributed by atoms with Crippen LogP contribution in [0.2, 0.25) is 0 Å². The second kappa shape index (κ2) is 7.16. The van der Waals surface area contributed by atoms with Gasteiger partial charge in [-0.1, -0.05) is 0 Å². The largest absolute Gasteiger partial charge is 0.461 e. The number of aldehydes is 1. The molecule has 0 aromatic carbocycles. The summed E-state index contributed by atoms with van der Waals surface area (Å²) in [6.45, 7) is 2.89. The molecule has 1 atom stereocenters. The number of carbonyl (C=O) groups excluding carboxylic acids is 1. The van der Waals surface area contributed by atoms with Gasteiger partial charge in [0, 0.05) is 12.2 Å². The minimum absolute atomic E-state index is 0.0725. The molecular formula is C11H16O5. The Morgan fingerprint density at radius 1 is 1.62 bits per heavy atom. The van der Waals surface area contributed by atoms with Gasteiger partial charge in [-0.15, -0.1) is 0 Å². The minimum atomic E-state index is -0.383. The zero-order chi connectivity index (χ0) is 11.8. The highest BCUT2D eigenvalue weighted by atomic mass is 16.5. The Balaban J connectivity index is 2.69. The molecule has 0 spiro atoms. The third-order valence-electron chi connectivity index (χ3n) is 2.06. The van der Waals surface area contributed by atoms with Crippen LogP contribution in [0.25, 0.3) is 0 Å². The summed E-state index contributed by atoms with van der Waals surface area (Å²) in [5.74, 6) is 0.239. The van der Waals surface area contributed by atoms with Crippen molar-refractivity contribution in [3.05, 3.63) is 23.7 Å². The number of aliphatic hydroxyl groups excluding tert-OH is 1. The van der Waals surface area contributed by atoms with Crippen LogP contribution in [-0.4, -0.2) is 37.8 Å². The molecule has 90 valence electrons. The van der Waals surface area contributed by atoms with Crippen molar-refractivity contribution in [3.8, 4) is 0 Å². The van der Waals surface area contributed by atoms with Crippen LogP contribution in [0.15, 0.2) is 16.7 Å². The number of rotatable bonds is 8. The zero-order valence-corrected chi connectivity index (χ0v) is 9.22. The summed E-state index contributed by atoms with van der Waals surface area (Å²) in [6, 6.07) is 1.67. The van der Waals surface area contributed by atoms with Crippen molar-refractivity contribution >= 4 is 6.29 Å². The lowest BCUT2D eigenvalue weighted by molar-refractivity contribution is -0.0272. The van der Waals surface area contributed by atoms with Crippen LogP contribution in [0.3, 0.4) is 0 Å². The number of aliphatic hydroxyl groups is 1. The Morgan fingerprint density at radius 3 is 3.06 bits per heavy atom. The van der Waals surface area contributed by atoms with Crippen LogP contribution < -0.4 is 0 Å². The maximum atomic E-state index is 10.7. The summed E-state index contributed by atoms with van der Waals surface area (Å²) in [5.41, 5.74) is 0.650.